The van der Waals surface area contributed by atoms with Gasteiger partial charge in [0.15, 0.2) is 0 Å². The van der Waals surface area contributed by atoms with Gasteiger partial charge in [-0.25, -0.2) is 4.39 Å². The molecule has 0 aliphatic heterocycles. The maximum Gasteiger partial charge on any atom is 0.141 e. The summed E-state index contributed by atoms with van der Waals surface area (Å²) in [5.41, 5.74) is 1.04. The SMILES string of the molecule is Fc1ccc(CNCCCC2CC2)cc1Cl. The lowest BCUT2D eigenvalue weighted by molar-refractivity contribution is 0.592. The Balaban J connectivity index is 1.65. The third-order valence-electron chi connectivity index (χ3n) is 2.98. The Morgan fingerprint density at radius 2 is 2.19 bits per heavy atom. The summed E-state index contributed by atoms with van der Waals surface area (Å²) in [5, 5.41) is 3.56. The first kappa shape index (κ1) is 11.9. The van der Waals surface area contributed by atoms with Gasteiger partial charge in [-0.2, -0.15) is 0 Å². The predicted octanol–water partition coefficient (Wildman–Crippen LogP) is 3.76. The molecule has 0 saturated heterocycles. The molecule has 0 amide bonds. The van der Waals surface area contributed by atoms with E-state index in [2.05, 4.69) is 5.32 Å². The van der Waals surface area contributed by atoms with Crippen LogP contribution in [0.5, 0.6) is 0 Å². The molecule has 0 unspecified atom stereocenters. The molecule has 1 nitrogen and oxygen atoms in total. The molecule has 1 saturated carbocycles. The van der Waals surface area contributed by atoms with E-state index >= 15 is 0 Å². The molecule has 1 N–H and O–H groups in total. The van der Waals surface area contributed by atoms with Crippen LogP contribution in [-0.2, 0) is 6.54 Å². The summed E-state index contributed by atoms with van der Waals surface area (Å²) < 4.78 is 12.9. The van der Waals surface area contributed by atoms with Gasteiger partial charge in [-0.15, -0.1) is 0 Å². The van der Waals surface area contributed by atoms with Crippen molar-refractivity contribution in [2.45, 2.75) is 32.2 Å². The Bertz CT molecular complexity index is 350. The fourth-order valence-electron chi connectivity index (χ4n) is 1.80. The van der Waals surface area contributed by atoms with Gasteiger partial charge in [0, 0.05) is 6.54 Å². The van der Waals surface area contributed by atoms with E-state index in [1.807, 2.05) is 0 Å². The summed E-state index contributed by atoms with van der Waals surface area (Å²) in [6.45, 7) is 1.80. The van der Waals surface area contributed by atoms with Crippen molar-refractivity contribution in [3.8, 4) is 0 Å². The number of benzene rings is 1. The molecule has 1 aromatic rings. The Morgan fingerprint density at radius 1 is 1.38 bits per heavy atom. The van der Waals surface area contributed by atoms with E-state index in [1.54, 1.807) is 12.1 Å². The Morgan fingerprint density at radius 3 is 2.88 bits per heavy atom. The van der Waals surface area contributed by atoms with Crippen LogP contribution in [0.25, 0.3) is 0 Å². The van der Waals surface area contributed by atoms with Gasteiger partial charge in [0.2, 0.25) is 0 Å². The third kappa shape index (κ3) is 3.76. The molecule has 1 aliphatic carbocycles. The number of rotatable bonds is 6. The van der Waals surface area contributed by atoms with E-state index in [0.29, 0.717) is 0 Å². The molecule has 0 spiro atoms. The molecule has 1 aliphatic rings. The average Bonchev–Trinajstić information content (AvgIpc) is 3.07. The van der Waals surface area contributed by atoms with Crippen molar-refractivity contribution in [2.24, 2.45) is 5.92 Å². The summed E-state index contributed by atoms with van der Waals surface area (Å²) in [4.78, 5) is 0. The normalized spacial score (nSPS) is 15.4. The minimum Gasteiger partial charge on any atom is -0.313 e. The van der Waals surface area contributed by atoms with Gasteiger partial charge in [-0.3, -0.25) is 0 Å². The van der Waals surface area contributed by atoms with Gasteiger partial charge in [0.25, 0.3) is 0 Å². The fraction of sp³-hybridized carbons (Fsp3) is 0.538. The van der Waals surface area contributed by atoms with E-state index in [9.17, 15) is 4.39 Å². The predicted molar refractivity (Wildman–Crippen MR) is 65.1 cm³/mol. The van der Waals surface area contributed by atoms with Gasteiger partial charge in [0.1, 0.15) is 5.82 Å². The van der Waals surface area contributed by atoms with Crippen LogP contribution in [0, 0.1) is 11.7 Å². The maximum atomic E-state index is 12.9. The lowest BCUT2D eigenvalue weighted by atomic mass is 10.2. The molecule has 0 radical (unpaired) electrons. The zero-order valence-corrected chi connectivity index (χ0v) is 10.1. The molecular formula is C13H17ClFN. The lowest BCUT2D eigenvalue weighted by Gasteiger charge is -2.05. The molecule has 0 aromatic heterocycles. The van der Waals surface area contributed by atoms with Crippen molar-refractivity contribution in [2.75, 3.05) is 6.54 Å². The van der Waals surface area contributed by atoms with Crippen molar-refractivity contribution >= 4 is 11.6 Å². The number of hydrogen-bond donors (Lipinski definition) is 1. The zero-order valence-electron chi connectivity index (χ0n) is 9.31. The second-order valence-electron chi connectivity index (χ2n) is 4.51. The Hall–Kier alpha value is -0.600. The summed E-state index contributed by atoms with van der Waals surface area (Å²) in [7, 11) is 0. The van der Waals surface area contributed by atoms with Crippen molar-refractivity contribution in [1.29, 1.82) is 0 Å². The molecule has 1 fully saturated rings. The molecular weight excluding hydrogens is 225 g/mol. The van der Waals surface area contributed by atoms with Gasteiger partial charge in [-0.1, -0.05) is 30.5 Å². The average molecular weight is 242 g/mol. The second kappa shape index (κ2) is 5.65. The maximum absolute atomic E-state index is 12.9. The Kier molecular flexibility index (Phi) is 4.19. The Labute approximate surface area is 101 Å². The highest BCUT2D eigenvalue weighted by Crippen LogP contribution is 2.33. The molecule has 0 atom stereocenters. The topological polar surface area (TPSA) is 12.0 Å². The minimum atomic E-state index is -0.348. The van der Waals surface area contributed by atoms with Crippen LogP contribution >= 0.6 is 11.6 Å². The lowest BCUT2D eigenvalue weighted by Crippen LogP contribution is -2.14. The first-order valence-electron chi connectivity index (χ1n) is 5.90. The highest BCUT2D eigenvalue weighted by molar-refractivity contribution is 6.30. The van der Waals surface area contributed by atoms with Crippen LogP contribution in [0.4, 0.5) is 4.39 Å². The second-order valence-corrected chi connectivity index (χ2v) is 4.92. The number of halogens is 2. The third-order valence-corrected chi connectivity index (χ3v) is 3.27. The molecule has 16 heavy (non-hydrogen) atoms. The fourth-order valence-corrected chi connectivity index (χ4v) is 2.01. The van der Waals surface area contributed by atoms with Crippen LogP contribution in [0.1, 0.15) is 31.2 Å². The largest absolute Gasteiger partial charge is 0.313 e. The van der Waals surface area contributed by atoms with Gasteiger partial charge in [0.05, 0.1) is 5.02 Å². The smallest absolute Gasteiger partial charge is 0.141 e. The van der Waals surface area contributed by atoms with Crippen LogP contribution in [0.2, 0.25) is 5.02 Å². The highest BCUT2D eigenvalue weighted by Gasteiger charge is 2.19. The molecule has 3 heteroatoms. The molecule has 2 rings (SSSR count). The molecule has 1 aromatic carbocycles. The first-order chi connectivity index (χ1) is 7.75. The van der Waals surface area contributed by atoms with Gasteiger partial charge in [-0.05, 0) is 43.0 Å². The van der Waals surface area contributed by atoms with E-state index in [1.165, 1.54) is 31.7 Å². The van der Waals surface area contributed by atoms with Crippen molar-refractivity contribution in [3.05, 3.63) is 34.6 Å². The van der Waals surface area contributed by atoms with Crippen molar-refractivity contribution in [1.82, 2.24) is 5.32 Å². The molecule has 0 bridgehead atoms. The van der Waals surface area contributed by atoms with Gasteiger partial charge < -0.3 is 5.32 Å². The van der Waals surface area contributed by atoms with Crippen LogP contribution in [0.15, 0.2) is 18.2 Å². The van der Waals surface area contributed by atoms with E-state index in [4.69, 9.17) is 11.6 Å². The summed E-state index contributed by atoms with van der Waals surface area (Å²) in [6, 6.07) is 4.88. The monoisotopic (exact) mass is 241 g/mol. The van der Waals surface area contributed by atoms with Crippen molar-refractivity contribution in [3.63, 3.8) is 0 Å². The molecule has 0 heterocycles. The highest BCUT2D eigenvalue weighted by atomic mass is 35.5. The van der Waals surface area contributed by atoms with Gasteiger partial charge >= 0.3 is 0 Å². The summed E-state index contributed by atoms with van der Waals surface area (Å²) in [6.07, 6.45) is 5.43. The number of hydrogen-bond acceptors (Lipinski definition) is 1. The summed E-state index contributed by atoms with van der Waals surface area (Å²) in [5.74, 6) is 0.654. The zero-order chi connectivity index (χ0) is 11.4. The summed E-state index contributed by atoms with van der Waals surface area (Å²) >= 11 is 5.70. The standard InChI is InChI=1S/C13H17ClFN/c14-12-8-11(5-6-13(12)15)9-16-7-1-2-10-3-4-10/h5-6,8,10,16H,1-4,7,9H2. The quantitative estimate of drug-likeness (QED) is 0.748. The van der Waals surface area contributed by atoms with Crippen molar-refractivity contribution < 1.29 is 4.39 Å². The van der Waals surface area contributed by atoms with E-state index < -0.39 is 0 Å². The first-order valence-corrected chi connectivity index (χ1v) is 6.28. The van der Waals surface area contributed by atoms with E-state index in [-0.39, 0.29) is 10.8 Å². The van der Waals surface area contributed by atoms with Crippen LogP contribution in [-0.4, -0.2) is 6.54 Å². The van der Waals surface area contributed by atoms with Crippen LogP contribution < -0.4 is 5.32 Å². The molecule has 88 valence electrons. The van der Waals surface area contributed by atoms with E-state index in [0.717, 1.165) is 24.6 Å². The minimum absolute atomic E-state index is 0.206. The number of nitrogens with one attached hydrogen (secondary N) is 1. The van der Waals surface area contributed by atoms with Crippen LogP contribution in [0.3, 0.4) is 0 Å².